The minimum Gasteiger partial charge on any atom is -0.491 e. The second-order valence-electron chi connectivity index (χ2n) is 29.8. The van der Waals surface area contributed by atoms with Crippen LogP contribution in [0.3, 0.4) is 0 Å². The van der Waals surface area contributed by atoms with Crippen molar-refractivity contribution in [2.45, 2.75) is 18.3 Å². The van der Waals surface area contributed by atoms with Crippen LogP contribution in [0.1, 0.15) is 0 Å². The van der Waals surface area contributed by atoms with E-state index >= 15 is 0 Å². The highest BCUT2D eigenvalue weighted by atomic mass is 16.6. The van der Waals surface area contributed by atoms with Gasteiger partial charge in [-0.05, 0) is 239 Å². The van der Waals surface area contributed by atoms with Crippen molar-refractivity contribution in [1.82, 2.24) is 59.8 Å². The molecule has 1 N–H and O–H groups in total. The van der Waals surface area contributed by atoms with Crippen LogP contribution in [0, 0.1) is 0 Å². The Bertz CT molecular complexity index is 5860. The molecule has 3 atom stereocenters. The van der Waals surface area contributed by atoms with Gasteiger partial charge in [-0.25, -0.2) is 19.9 Å². The molecular formula is C105H96N12O13. The summed E-state index contributed by atoms with van der Waals surface area (Å²) < 4.78 is 74.3. The molecule has 0 saturated carbocycles. The topological polar surface area (TPSA) is 286 Å². The third-order valence-corrected chi connectivity index (χ3v) is 20.6. The fourth-order valence-corrected chi connectivity index (χ4v) is 14.0. The molecule has 0 saturated heterocycles. The van der Waals surface area contributed by atoms with E-state index in [0.29, 0.717) is 23.0 Å². The van der Waals surface area contributed by atoms with E-state index in [1.54, 1.807) is 49.6 Å². The van der Waals surface area contributed by atoms with Gasteiger partial charge in [0.2, 0.25) is 0 Å². The normalized spacial score (nSPS) is 12.0. The van der Waals surface area contributed by atoms with Crippen LogP contribution in [0.25, 0.3) is 136 Å². The summed E-state index contributed by atoms with van der Waals surface area (Å²) in [7, 11) is 0. The Kier molecular flexibility index (Phi) is 32.4. The van der Waals surface area contributed by atoms with Crippen LogP contribution >= 0.6 is 0 Å². The highest BCUT2D eigenvalue weighted by molar-refractivity contribution is 5.79. The zero-order chi connectivity index (χ0) is 88.2. The summed E-state index contributed by atoms with van der Waals surface area (Å²) in [5.41, 5.74) is 19.7. The SMILES string of the molecule is OCC(COCCOCC(COCCOc1ccc(-c2cc(-c3ccccn3)nc(-c3ccccn3)c2)cc1)OCCOc1ccc(-c2cc(-c3ccccn3)nc(-c3ccccn3)c2)cc1)OCCOCC(COCCOc1ccc(-c2cc(-c3ccccn3)nc(-c3ccccn3)c2)cc1)OCCOc1ccc(-c2cc(-c3ccccn3)nc(-c3ccccn3)c2)cc1. The smallest absolute Gasteiger partial charge is 0.119 e. The van der Waals surface area contributed by atoms with E-state index in [0.717, 1.165) is 136 Å². The molecule has 12 heterocycles. The Morgan fingerprint density at radius 2 is 0.369 bits per heavy atom. The molecule has 0 fully saturated rings. The highest BCUT2D eigenvalue weighted by Gasteiger charge is 2.20. The third-order valence-electron chi connectivity index (χ3n) is 20.6. The van der Waals surface area contributed by atoms with Crippen molar-refractivity contribution < 1.29 is 61.9 Å². The lowest BCUT2D eigenvalue weighted by Gasteiger charge is -2.20. The summed E-state index contributed by atoms with van der Waals surface area (Å²) in [5.74, 6) is 2.71. The first-order valence-corrected chi connectivity index (χ1v) is 43.1. The Labute approximate surface area is 754 Å². The summed E-state index contributed by atoms with van der Waals surface area (Å²) in [4.78, 5) is 56.3. The quantitative estimate of drug-likeness (QED) is 0.0347. The minimum atomic E-state index is -0.630. The Hall–Kier alpha value is -14.5. The van der Waals surface area contributed by atoms with Gasteiger partial charge in [-0.2, -0.15) is 0 Å². The van der Waals surface area contributed by atoms with Gasteiger partial charge < -0.3 is 61.9 Å². The molecule has 12 aromatic heterocycles. The van der Waals surface area contributed by atoms with Gasteiger partial charge >= 0.3 is 0 Å². The van der Waals surface area contributed by atoms with Crippen molar-refractivity contribution in [2.75, 3.05) is 119 Å². The maximum atomic E-state index is 10.4. The molecule has 130 heavy (non-hydrogen) atoms. The fraction of sp³-hybridized carbons (Fsp3) is 0.200. The predicted octanol–water partition coefficient (Wildman–Crippen LogP) is 18.3. The number of aliphatic hydroxyl groups excluding tert-OH is 1. The summed E-state index contributed by atoms with van der Waals surface area (Å²) in [6, 6.07) is 94.1. The van der Waals surface area contributed by atoms with E-state index < -0.39 is 18.3 Å². The molecule has 0 aliphatic rings. The van der Waals surface area contributed by atoms with Crippen molar-refractivity contribution in [1.29, 1.82) is 0 Å². The molecule has 0 amide bonds. The lowest BCUT2D eigenvalue weighted by molar-refractivity contribution is -0.0944. The van der Waals surface area contributed by atoms with E-state index in [-0.39, 0.29) is 119 Å². The number of benzene rings is 4. The summed E-state index contributed by atoms with van der Waals surface area (Å²) >= 11 is 0. The van der Waals surface area contributed by atoms with Crippen molar-refractivity contribution >= 4 is 0 Å². The van der Waals surface area contributed by atoms with Crippen molar-refractivity contribution in [2.24, 2.45) is 0 Å². The Morgan fingerprint density at radius 1 is 0.185 bits per heavy atom. The van der Waals surface area contributed by atoms with Crippen LogP contribution in [-0.2, 0) is 37.9 Å². The zero-order valence-corrected chi connectivity index (χ0v) is 71.5. The maximum Gasteiger partial charge on any atom is 0.119 e. The molecule has 16 aromatic rings. The van der Waals surface area contributed by atoms with Crippen LogP contribution in [0.15, 0.2) is 341 Å². The van der Waals surface area contributed by atoms with Gasteiger partial charge in [0, 0.05) is 49.6 Å². The van der Waals surface area contributed by atoms with Crippen LogP contribution in [0.2, 0.25) is 0 Å². The third kappa shape index (κ3) is 26.1. The molecule has 16 rings (SSSR count). The van der Waals surface area contributed by atoms with Gasteiger partial charge in [-0.15, -0.1) is 0 Å². The molecule has 25 nitrogen and oxygen atoms in total. The molecule has 4 aromatic carbocycles. The van der Waals surface area contributed by atoms with Gasteiger partial charge in [0.1, 0.15) is 67.7 Å². The molecule has 0 aliphatic carbocycles. The lowest BCUT2D eigenvalue weighted by atomic mass is 10.0. The van der Waals surface area contributed by atoms with Gasteiger partial charge in [0.15, 0.2) is 0 Å². The second-order valence-corrected chi connectivity index (χ2v) is 29.8. The standard InChI is InChI=1S/C105H96N12O13/c118-69-87(128-56-53-123-74-89(130-60-58-127-86-39-31-78(32-40-86)82-67-104(96-23-7-15-47-112-96)117-105(68-82)97-24-8-16-48-113-97)73-122-52-55-125-84-35-27-76(28-36-84)80-63-100(92-19-3-11-43-108-92)115-101(64-80)93-20-4-12-44-109-93)70-119-49-50-120-71-88(129-59-57-126-85-37-29-77(30-38-85)81-65-102(94-21-5-13-45-110-94)116-103(66-81)95-22-6-14-46-111-95)72-121-51-54-124-83-33-25-75(26-34-83)79-61-98(90-17-1-9-41-106-90)114-99(62-79)91-18-2-10-42-107-91/h1-48,61-68,87-89,118H,49-60,69-74H2. The Morgan fingerprint density at radius 3 is 0.577 bits per heavy atom. The monoisotopic (exact) mass is 1730 g/mol. The van der Waals surface area contributed by atoms with Gasteiger partial charge in [0.05, 0.1) is 184 Å². The average Bonchev–Trinajstić information content (AvgIpc) is 0.816. The molecular weight excluding hydrogens is 1640 g/mol. The molecule has 3 unspecified atom stereocenters. The van der Waals surface area contributed by atoms with Gasteiger partial charge in [-0.1, -0.05) is 97.1 Å². The first kappa shape index (κ1) is 88.9. The molecule has 0 spiro atoms. The molecule has 0 radical (unpaired) electrons. The van der Waals surface area contributed by atoms with E-state index in [2.05, 4.69) is 39.9 Å². The number of aromatic nitrogens is 12. The second kappa shape index (κ2) is 47.4. The lowest BCUT2D eigenvalue weighted by Crippen LogP contribution is -2.30. The number of nitrogens with zero attached hydrogens (tertiary/aromatic N) is 12. The zero-order valence-electron chi connectivity index (χ0n) is 71.5. The van der Waals surface area contributed by atoms with E-state index in [9.17, 15) is 5.11 Å². The van der Waals surface area contributed by atoms with Crippen LogP contribution < -0.4 is 18.9 Å². The van der Waals surface area contributed by atoms with E-state index in [1.807, 2.05) is 291 Å². The summed E-state index contributed by atoms with van der Waals surface area (Å²) in [6.45, 7) is 3.55. The number of pyridine rings is 12. The summed E-state index contributed by atoms with van der Waals surface area (Å²) in [5, 5.41) is 10.4. The number of hydrogen-bond acceptors (Lipinski definition) is 25. The average molecular weight is 1730 g/mol. The van der Waals surface area contributed by atoms with E-state index in [4.69, 9.17) is 76.8 Å². The highest BCUT2D eigenvalue weighted by Crippen LogP contribution is 2.36. The first-order chi connectivity index (χ1) is 64.4. The van der Waals surface area contributed by atoms with E-state index in [1.165, 1.54) is 0 Å². The van der Waals surface area contributed by atoms with Crippen LogP contribution in [0.5, 0.6) is 23.0 Å². The predicted molar refractivity (Wildman–Crippen MR) is 497 cm³/mol. The Balaban J connectivity index is 0.504. The number of rotatable bonds is 48. The van der Waals surface area contributed by atoms with Crippen LogP contribution in [0.4, 0.5) is 0 Å². The molecule has 25 heteroatoms. The largest absolute Gasteiger partial charge is 0.491 e. The van der Waals surface area contributed by atoms with Crippen molar-refractivity contribution in [3.63, 3.8) is 0 Å². The molecule has 0 bridgehead atoms. The number of hydrogen-bond donors (Lipinski definition) is 1. The van der Waals surface area contributed by atoms with Crippen molar-refractivity contribution in [3.8, 4) is 159 Å². The minimum absolute atomic E-state index is 0.109. The van der Waals surface area contributed by atoms with Gasteiger partial charge in [0.25, 0.3) is 0 Å². The maximum absolute atomic E-state index is 10.4. The van der Waals surface area contributed by atoms with Crippen molar-refractivity contribution in [3.05, 3.63) is 341 Å². The fourth-order valence-electron chi connectivity index (χ4n) is 14.0. The van der Waals surface area contributed by atoms with Crippen LogP contribution in [-0.4, -0.2) is 202 Å². The molecule has 654 valence electrons. The van der Waals surface area contributed by atoms with Gasteiger partial charge in [-0.3, -0.25) is 39.9 Å². The molecule has 0 aliphatic heterocycles. The first-order valence-electron chi connectivity index (χ1n) is 43.1. The number of aliphatic hydroxyl groups is 1. The summed E-state index contributed by atoms with van der Waals surface area (Å²) in [6.07, 6.45) is 12.5. The number of ether oxygens (including phenoxy) is 12.